The first-order valence-corrected chi connectivity index (χ1v) is 6.07. The van der Waals surface area contributed by atoms with Gasteiger partial charge in [-0.25, -0.2) is 0 Å². The summed E-state index contributed by atoms with van der Waals surface area (Å²) >= 11 is 0. The fourth-order valence-electron chi connectivity index (χ4n) is 1.74. The standard InChI is InChI=1S/C13H17N5O/c1-13(14,11-5-3-2-4-6-11)12(19)15-7-9-18-10-8-16-17-18/h2-6,8,10H,7,9,14H2,1H3,(H,15,19). The number of nitrogens with one attached hydrogen (secondary N) is 1. The number of nitrogens with two attached hydrogens (primary N) is 1. The lowest BCUT2D eigenvalue weighted by Gasteiger charge is -2.24. The van der Waals surface area contributed by atoms with Gasteiger partial charge < -0.3 is 11.1 Å². The molecular formula is C13H17N5O. The Kier molecular flexibility index (Phi) is 3.91. The summed E-state index contributed by atoms with van der Waals surface area (Å²) in [7, 11) is 0. The molecule has 6 nitrogen and oxygen atoms in total. The van der Waals surface area contributed by atoms with Crippen LogP contribution in [0.4, 0.5) is 0 Å². The van der Waals surface area contributed by atoms with Crippen molar-refractivity contribution in [2.75, 3.05) is 6.54 Å². The zero-order valence-electron chi connectivity index (χ0n) is 10.8. The van der Waals surface area contributed by atoms with Gasteiger partial charge in [0.05, 0.1) is 12.7 Å². The van der Waals surface area contributed by atoms with E-state index in [2.05, 4.69) is 15.6 Å². The zero-order chi connectivity index (χ0) is 13.7. The molecule has 0 aliphatic rings. The molecule has 1 amide bonds. The van der Waals surface area contributed by atoms with Crippen LogP contribution in [0.25, 0.3) is 0 Å². The van der Waals surface area contributed by atoms with Crippen molar-refractivity contribution in [1.29, 1.82) is 0 Å². The van der Waals surface area contributed by atoms with E-state index in [0.29, 0.717) is 13.1 Å². The molecule has 3 N–H and O–H groups in total. The Morgan fingerprint density at radius 3 is 2.79 bits per heavy atom. The molecule has 0 saturated carbocycles. The summed E-state index contributed by atoms with van der Waals surface area (Å²) in [5, 5.41) is 10.3. The Hall–Kier alpha value is -2.21. The highest BCUT2D eigenvalue weighted by Crippen LogP contribution is 2.17. The van der Waals surface area contributed by atoms with E-state index in [1.165, 1.54) is 0 Å². The van der Waals surface area contributed by atoms with Crippen molar-refractivity contribution < 1.29 is 4.79 Å². The highest BCUT2D eigenvalue weighted by Gasteiger charge is 2.29. The number of carbonyl (C=O) groups excluding carboxylic acids is 1. The summed E-state index contributed by atoms with van der Waals surface area (Å²) in [5.74, 6) is -0.209. The maximum atomic E-state index is 12.1. The lowest BCUT2D eigenvalue weighted by Crippen LogP contribution is -2.49. The molecule has 0 saturated heterocycles. The molecule has 1 aromatic heterocycles. The van der Waals surface area contributed by atoms with E-state index in [0.717, 1.165) is 5.56 Å². The smallest absolute Gasteiger partial charge is 0.244 e. The lowest BCUT2D eigenvalue weighted by molar-refractivity contribution is -0.126. The number of amides is 1. The molecule has 1 atom stereocenters. The molecule has 0 spiro atoms. The van der Waals surface area contributed by atoms with Crippen LogP contribution in [0.1, 0.15) is 12.5 Å². The van der Waals surface area contributed by atoms with E-state index in [4.69, 9.17) is 5.73 Å². The fourth-order valence-corrected chi connectivity index (χ4v) is 1.74. The van der Waals surface area contributed by atoms with E-state index >= 15 is 0 Å². The average molecular weight is 259 g/mol. The Bertz CT molecular complexity index is 521. The van der Waals surface area contributed by atoms with E-state index in [1.54, 1.807) is 24.0 Å². The normalized spacial score (nSPS) is 13.8. The second kappa shape index (κ2) is 5.62. The monoisotopic (exact) mass is 259 g/mol. The van der Waals surface area contributed by atoms with Crippen molar-refractivity contribution in [2.45, 2.75) is 19.0 Å². The quantitative estimate of drug-likeness (QED) is 0.807. The van der Waals surface area contributed by atoms with Crippen LogP contribution in [0.5, 0.6) is 0 Å². The summed E-state index contributed by atoms with van der Waals surface area (Å²) in [6, 6.07) is 9.31. The topological polar surface area (TPSA) is 85.8 Å². The largest absolute Gasteiger partial charge is 0.352 e. The van der Waals surface area contributed by atoms with Gasteiger partial charge in [0.15, 0.2) is 0 Å². The van der Waals surface area contributed by atoms with Crippen molar-refractivity contribution in [2.24, 2.45) is 5.73 Å². The van der Waals surface area contributed by atoms with Crippen LogP contribution in [-0.4, -0.2) is 27.4 Å². The third-order valence-electron chi connectivity index (χ3n) is 2.94. The molecule has 1 aromatic carbocycles. The van der Waals surface area contributed by atoms with Crippen molar-refractivity contribution in [1.82, 2.24) is 20.3 Å². The maximum absolute atomic E-state index is 12.1. The summed E-state index contributed by atoms with van der Waals surface area (Å²) in [6.07, 6.45) is 3.34. The number of carbonyl (C=O) groups is 1. The van der Waals surface area contributed by atoms with Crippen LogP contribution in [0.2, 0.25) is 0 Å². The third-order valence-corrected chi connectivity index (χ3v) is 2.94. The van der Waals surface area contributed by atoms with Crippen molar-refractivity contribution in [3.05, 3.63) is 48.3 Å². The molecular weight excluding hydrogens is 242 g/mol. The number of aromatic nitrogens is 3. The van der Waals surface area contributed by atoms with Crippen LogP contribution in [0, 0.1) is 0 Å². The van der Waals surface area contributed by atoms with Crippen molar-refractivity contribution >= 4 is 5.91 Å². The van der Waals surface area contributed by atoms with Gasteiger partial charge in [0.25, 0.3) is 0 Å². The molecule has 19 heavy (non-hydrogen) atoms. The SMILES string of the molecule is CC(N)(C(=O)NCCn1ccnn1)c1ccccc1. The minimum atomic E-state index is -1.04. The molecule has 0 aliphatic heterocycles. The Morgan fingerprint density at radius 2 is 2.16 bits per heavy atom. The predicted molar refractivity (Wildman–Crippen MR) is 71.0 cm³/mol. The van der Waals surface area contributed by atoms with E-state index in [1.807, 2.05) is 30.3 Å². The second-order valence-electron chi connectivity index (χ2n) is 4.49. The molecule has 2 aromatic rings. The molecule has 6 heteroatoms. The second-order valence-corrected chi connectivity index (χ2v) is 4.49. The zero-order valence-corrected chi connectivity index (χ0v) is 10.8. The summed E-state index contributed by atoms with van der Waals surface area (Å²) in [5.41, 5.74) is 5.84. The van der Waals surface area contributed by atoms with E-state index < -0.39 is 5.54 Å². The van der Waals surface area contributed by atoms with E-state index in [-0.39, 0.29) is 5.91 Å². The number of hydrogen-bond acceptors (Lipinski definition) is 4. The summed E-state index contributed by atoms with van der Waals surface area (Å²) < 4.78 is 1.65. The van der Waals surface area contributed by atoms with Gasteiger partial charge in [0.1, 0.15) is 5.54 Å². The van der Waals surface area contributed by atoms with Gasteiger partial charge in [0.2, 0.25) is 5.91 Å². The van der Waals surface area contributed by atoms with Crippen molar-refractivity contribution in [3.63, 3.8) is 0 Å². The molecule has 0 radical (unpaired) electrons. The van der Waals surface area contributed by atoms with Crippen LogP contribution in [0.15, 0.2) is 42.7 Å². The summed E-state index contributed by atoms with van der Waals surface area (Å²) in [6.45, 7) is 2.73. The number of benzene rings is 1. The summed E-state index contributed by atoms with van der Waals surface area (Å²) in [4.78, 5) is 12.1. The Balaban J connectivity index is 1.92. The molecule has 1 heterocycles. The van der Waals surface area contributed by atoms with Gasteiger partial charge in [-0.1, -0.05) is 35.5 Å². The number of nitrogens with zero attached hydrogens (tertiary/aromatic N) is 3. The molecule has 100 valence electrons. The van der Waals surface area contributed by atoms with Crippen LogP contribution < -0.4 is 11.1 Å². The van der Waals surface area contributed by atoms with E-state index in [9.17, 15) is 4.79 Å². The van der Waals surface area contributed by atoms with Crippen molar-refractivity contribution in [3.8, 4) is 0 Å². The molecule has 0 bridgehead atoms. The first kappa shape index (κ1) is 13.2. The first-order chi connectivity index (χ1) is 9.10. The maximum Gasteiger partial charge on any atom is 0.244 e. The van der Waals surface area contributed by atoms with Gasteiger partial charge in [-0.05, 0) is 12.5 Å². The lowest BCUT2D eigenvalue weighted by atomic mass is 9.92. The minimum absolute atomic E-state index is 0.209. The number of hydrogen-bond donors (Lipinski definition) is 2. The average Bonchev–Trinajstić information content (AvgIpc) is 2.93. The highest BCUT2D eigenvalue weighted by molar-refractivity contribution is 5.86. The predicted octanol–water partition coefficient (Wildman–Crippen LogP) is 0.268. The Morgan fingerprint density at radius 1 is 1.42 bits per heavy atom. The van der Waals surface area contributed by atoms with Crippen LogP contribution in [0.3, 0.4) is 0 Å². The fraction of sp³-hybridized carbons (Fsp3) is 0.308. The molecule has 1 unspecified atom stereocenters. The molecule has 0 fully saturated rings. The first-order valence-electron chi connectivity index (χ1n) is 6.07. The number of rotatable bonds is 5. The minimum Gasteiger partial charge on any atom is -0.352 e. The van der Waals surface area contributed by atoms with Gasteiger partial charge >= 0.3 is 0 Å². The van der Waals surface area contributed by atoms with Gasteiger partial charge in [0, 0.05) is 12.7 Å². The van der Waals surface area contributed by atoms with Gasteiger partial charge in [-0.15, -0.1) is 5.10 Å². The molecule has 0 aliphatic carbocycles. The third kappa shape index (κ3) is 3.17. The van der Waals surface area contributed by atoms with Gasteiger partial charge in [-0.3, -0.25) is 9.48 Å². The van der Waals surface area contributed by atoms with Gasteiger partial charge in [-0.2, -0.15) is 0 Å². The Labute approximate surface area is 111 Å². The van der Waals surface area contributed by atoms with Crippen LogP contribution in [-0.2, 0) is 16.9 Å². The molecule has 2 rings (SSSR count). The van der Waals surface area contributed by atoms with Crippen LogP contribution >= 0.6 is 0 Å². The highest BCUT2D eigenvalue weighted by atomic mass is 16.2.